The van der Waals surface area contributed by atoms with E-state index in [1.807, 2.05) is 42.3 Å². The lowest BCUT2D eigenvalue weighted by atomic mass is 10.2. The molecule has 0 aliphatic carbocycles. The molecular weight excluding hydrogens is 326 g/mol. The SMILES string of the molecule is CN(c1ccccc1)c1cncc(C(=O)NC2CCS(=O)(=O)C2)c1. The van der Waals surface area contributed by atoms with E-state index < -0.39 is 9.84 Å². The first kappa shape index (κ1) is 16.4. The van der Waals surface area contributed by atoms with Crippen molar-refractivity contribution in [3.05, 3.63) is 54.4 Å². The molecule has 1 amide bonds. The Labute approximate surface area is 141 Å². The number of amides is 1. The van der Waals surface area contributed by atoms with Gasteiger partial charge in [0.2, 0.25) is 0 Å². The molecule has 0 bridgehead atoms. The molecule has 0 saturated carbocycles. The van der Waals surface area contributed by atoms with E-state index >= 15 is 0 Å². The Morgan fingerprint density at radius 2 is 1.96 bits per heavy atom. The number of aromatic nitrogens is 1. The van der Waals surface area contributed by atoms with Gasteiger partial charge in [-0.25, -0.2) is 8.42 Å². The molecule has 6 nitrogen and oxygen atoms in total. The standard InChI is InChI=1S/C17H19N3O3S/c1-20(15-5-3-2-4-6-15)16-9-13(10-18-11-16)17(21)19-14-7-8-24(22,23)12-14/h2-6,9-11,14H,7-8,12H2,1H3,(H,19,21). The number of carbonyl (C=O) groups is 1. The summed E-state index contributed by atoms with van der Waals surface area (Å²) in [5, 5.41) is 2.78. The van der Waals surface area contributed by atoms with Crippen molar-refractivity contribution >= 4 is 27.1 Å². The number of nitrogens with one attached hydrogen (secondary N) is 1. The van der Waals surface area contributed by atoms with Gasteiger partial charge in [-0.05, 0) is 24.6 Å². The summed E-state index contributed by atoms with van der Waals surface area (Å²) in [4.78, 5) is 18.4. The number of anilines is 2. The molecule has 7 heteroatoms. The molecule has 1 aromatic carbocycles. The second-order valence-corrected chi connectivity index (χ2v) is 8.13. The molecule has 1 atom stereocenters. The average Bonchev–Trinajstić information content (AvgIpc) is 2.93. The molecule has 1 aromatic heterocycles. The van der Waals surface area contributed by atoms with E-state index in [9.17, 15) is 13.2 Å². The summed E-state index contributed by atoms with van der Waals surface area (Å²) < 4.78 is 23.0. The van der Waals surface area contributed by atoms with Crippen LogP contribution in [0.1, 0.15) is 16.8 Å². The third-order valence-electron chi connectivity index (χ3n) is 4.08. The maximum Gasteiger partial charge on any atom is 0.253 e. The van der Waals surface area contributed by atoms with Gasteiger partial charge >= 0.3 is 0 Å². The summed E-state index contributed by atoms with van der Waals surface area (Å²) in [7, 11) is -1.12. The number of nitrogens with zero attached hydrogens (tertiary/aromatic N) is 2. The molecule has 2 heterocycles. The number of benzene rings is 1. The van der Waals surface area contributed by atoms with Gasteiger partial charge in [-0.2, -0.15) is 0 Å². The minimum Gasteiger partial charge on any atom is -0.348 e. The fraction of sp³-hybridized carbons (Fsp3) is 0.294. The third-order valence-corrected chi connectivity index (χ3v) is 5.85. The Hall–Kier alpha value is -2.41. The summed E-state index contributed by atoms with van der Waals surface area (Å²) in [6.07, 6.45) is 3.63. The fourth-order valence-electron chi connectivity index (χ4n) is 2.71. The van der Waals surface area contributed by atoms with Crippen LogP contribution in [0.5, 0.6) is 0 Å². The number of carbonyl (C=O) groups excluding carboxylic acids is 1. The Morgan fingerprint density at radius 3 is 2.62 bits per heavy atom. The maximum atomic E-state index is 12.4. The highest BCUT2D eigenvalue weighted by atomic mass is 32.2. The topological polar surface area (TPSA) is 79.4 Å². The molecule has 2 aromatic rings. The molecule has 126 valence electrons. The van der Waals surface area contributed by atoms with Gasteiger partial charge in [0, 0.05) is 25.0 Å². The van der Waals surface area contributed by atoms with Crippen LogP contribution in [-0.4, -0.2) is 43.9 Å². The van der Waals surface area contributed by atoms with E-state index in [1.54, 1.807) is 12.3 Å². The van der Waals surface area contributed by atoms with Gasteiger partial charge in [0.15, 0.2) is 9.84 Å². The summed E-state index contributed by atoms with van der Waals surface area (Å²) in [6.45, 7) is 0. The molecule has 1 N–H and O–H groups in total. The number of para-hydroxylation sites is 1. The van der Waals surface area contributed by atoms with Crippen molar-refractivity contribution < 1.29 is 13.2 Å². The zero-order valence-corrected chi connectivity index (χ0v) is 14.2. The van der Waals surface area contributed by atoms with Crippen LogP contribution in [0.2, 0.25) is 0 Å². The van der Waals surface area contributed by atoms with Gasteiger partial charge in [0.1, 0.15) is 0 Å². The lowest BCUT2D eigenvalue weighted by molar-refractivity contribution is 0.0941. The van der Waals surface area contributed by atoms with Crippen LogP contribution in [0.4, 0.5) is 11.4 Å². The molecule has 1 aliphatic rings. The molecule has 3 rings (SSSR count). The minimum atomic E-state index is -3.02. The van der Waals surface area contributed by atoms with Crippen molar-refractivity contribution in [3.8, 4) is 0 Å². The van der Waals surface area contributed by atoms with Crippen molar-refractivity contribution in [1.82, 2.24) is 10.3 Å². The van der Waals surface area contributed by atoms with E-state index in [4.69, 9.17) is 0 Å². The summed E-state index contributed by atoms with van der Waals surface area (Å²) in [5.74, 6) is -0.157. The number of sulfone groups is 1. The molecule has 0 spiro atoms. The van der Waals surface area contributed by atoms with Crippen molar-refractivity contribution in [2.24, 2.45) is 0 Å². The Morgan fingerprint density at radius 1 is 1.21 bits per heavy atom. The van der Waals surface area contributed by atoms with Crippen LogP contribution in [0, 0.1) is 0 Å². The first-order chi connectivity index (χ1) is 11.4. The van der Waals surface area contributed by atoms with E-state index in [0.717, 1.165) is 11.4 Å². The van der Waals surface area contributed by atoms with Crippen LogP contribution in [0.25, 0.3) is 0 Å². The molecule has 1 saturated heterocycles. The zero-order valence-electron chi connectivity index (χ0n) is 13.3. The van der Waals surface area contributed by atoms with E-state index in [0.29, 0.717) is 12.0 Å². The van der Waals surface area contributed by atoms with E-state index in [-0.39, 0.29) is 23.5 Å². The summed E-state index contributed by atoms with van der Waals surface area (Å²) >= 11 is 0. The zero-order chi connectivity index (χ0) is 17.2. The molecule has 24 heavy (non-hydrogen) atoms. The smallest absolute Gasteiger partial charge is 0.253 e. The second kappa shape index (κ2) is 6.60. The summed E-state index contributed by atoms with van der Waals surface area (Å²) in [6, 6.07) is 11.2. The fourth-order valence-corrected chi connectivity index (χ4v) is 4.39. The van der Waals surface area contributed by atoms with Gasteiger partial charge in [0.25, 0.3) is 5.91 Å². The van der Waals surface area contributed by atoms with Gasteiger partial charge < -0.3 is 10.2 Å². The van der Waals surface area contributed by atoms with Gasteiger partial charge in [-0.1, -0.05) is 18.2 Å². The first-order valence-electron chi connectivity index (χ1n) is 7.70. The van der Waals surface area contributed by atoms with Gasteiger partial charge in [-0.15, -0.1) is 0 Å². The van der Waals surface area contributed by atoms with Crippen molar-refractivity contribution in [2.75, 3.05) is 23.5 Å². The Balaban J connectivity index is 1.74. The number of hydrogen-bond donors (Lipinski definition) is 1. The largest absolute Gasteiger partial charge is 0.348 e. The highest BCUT2D eigenvalue weighted by Gasteiger charge is 2.29. The van der Waals surface area contributed by atoms with Gasteiger partial charge in [0.05, 0.1) is 29.0 Å². The number of pyridine rings is 1. The number of hydrogen-bond acceptors (Lipinski definition) is 5. The Kier molecular flexibility index (Phi) is 4.53. The quantitative estimate of drug-likeness (QED) is 0.913. The van der Waals surface area contributed by atoms with Crippen LogP contribution >= 0.6 is 0 Å². The monoisotopic (exact) mass is 345 g/mol. The lowest BCUT2D eigenvalue weighted by Gasteiger charge is -2.19. The average molecular weight is 345 g/mol. The first-order valence-corrected chi connectivity index (χ1v) is 9.52. The van der Waals surface area contributed by atoms with Crippen molar-refractivity contribution in [2.45, 2.75) is 12.5 Å². The predicted octanol–water partition coefficient (Wildman–Crippen LogP) is 1.77. The maximum absolute atomic E-state index is 12.4. The van der Waals surface area contributed by atoms with E-state index in [1.165, 1.54) is 6.20 Å². The van der Waals surface area contributed by atoms with Crippen molar-refractivity contribution in [1.29, 1.82) is 0 Å². The van der Waals surface area contributed by atoms with Crippen LogP contribution in [-0.2, 0) is 9.84 Å². The summed E-state index contributed by atoms with van der Waals surface area (Å²) in [5.41, 5.74) is 2.19. The lowest BCUT2D eigenvalue weighted by Crippen LogP contribution is -2.35. The van der Waals surface area contributed by atoms with Crippen LogP contribution in [0.3, 0.4) is 0 Å². The molecule has 1 aliphatic heterocycles. The minimum absolute atomic E-state index is 0.00970. The Bertz CT molecular complexity index is 837. The third kappa shape index (κ3) is 3.73. The highest BCUT2D eigenvalue weighted by molar-refractivity contribution is 7.91. The van der Waals surface area contributed by atoms with Crippen molar-refractivity contribution in [3.63, 3.8) is 0 Å². The number of rotatable bonds is 4. The second-order valence-electron chi connectivity index (χ2n) is 5.90. The van der Waals surface area contributed by atoms with E-state index in [2.05, 4.69) is 10.3 Å². The van der Waals surface area contributed by atoms with Gasteiger partial charge in [-0.3, -0.25) is 9.78 Å². The molecule has 0 radical (unpaired) electrons. The normalized spacial score (nSPS) is 19.0. The molecule has 1 fully saturated rings. The van der Waals surface area contributed by atoms with Crippen LogP contribution in [0.15, 0.2) is 48.8 Å². The van der Waals surface area contributed by atoms with Crippen LogP contribution < -0.4 is 10.2 Å². The highest BCUT2D eigenvalue weighted by Crippen LogP contribution is 2.23. The predicted molar refractivity (Wildman–Crippen MR) is 93.3 cm³/mol. The molecule has 1 unspecified atom stereocenters. The molecular formula is C17H19N3O3S.